The van der Waals surface area contributed by atoms with Gasteiger partial charge < -0.3 is 20.8 Å². The van der Waals surface area contributed by atoms with Gasteiger partial charge in [0.25, 0.3) is 5.91 Å². The van der Waals surface area contributed by atoms with Gasteiger partial charge in [-0.05, 0) is 43.5 Å². The van der Waals surface area contributed by atoms with Crippen LogP contribution in [0.3, 0.4) is 0 Å². The van der Waals surface area contributed by atoms with E-state index < -0.39 is 24.0 Å². The van der Waals surface area contributed by atoms with Crippen molar-refractivity contribution in [2.75, 3.05) is 11.9 Å². The van der Waals surface area contributed by atoms with E-state index in [4.69, 9.17) is 5.11 Å². The monoisotopic (exact) mass is 278 g/mol. The maximum absolute atomic E-state index is 12.0. The average molecular weight is 278 g/mol. The highest BCUT2D eigenvalue weighted by atomic mass is 16.4. The molecule has 20 heavy (non-hydrogen) atoms. The van der Waals surface area contributed by atoms with Crippen LogP contribution in [0, 0.1) is 0 Å². The van der Waals surface area contributed by atoms with Crippen LogP contribution in [-0.4, -0.2) is 40.8 Å². The first-order valence-electron chi connectivity index (χ1n) is 6.57. The Labute approximate surface area is 116 Å². The fraction of sp³-hybridized carbons (Fsp3) is 0.429. The van der Waals surface area contributed by atoms with E-state index in [1.807, 2.05) is 6.07 Å². The lowest BCUT2D eigenvalue weighted by Crippen LogP contribution is -2.47. The number of amides is 1. The van der Waals surface area contributed by atoms with E-state index in [1.54, 1.807) is 12.1 Å². The van der Waals surface area contributed by atoms with Crippen LogP contribution in [0.2, 0.25) is 0 Å². The van der Waals surface area contributed by atoms with Crippen molar-refractivity contribution in [3.63, 3.8) is 0 Å². The number of aliphatic carboxylic acids is 1. The van der Waals surface area contributed by atoms with Crippen LogP contribution in [0.1, 0.15) is 29.3 Å². The predicted octanol–water partition coefficient (Wildman–Crippen LogP) is 0.608. The Balaban J connectivity index is 2.15. The summed E-state index contributed by atoms with van der Waals surface area (Å²) in [5.74, 6) is -1.75. The second kappa shape index (κ2) is 5.92. The molecule has 2 atom stereocenters. The summed E-state index contributed by atoms with van der Waals surface area (Å²) in [7, 11) is 0. The third kappa shape index (κ3) is 3.08. The number of aryl methyl sites for hydroxylation is 1. The van der Waals surface area contributed by atoms with Gasteiger partial charge in [-0.1, -0.05) is 0 Å². The Bertz CT molecular complexity index is 528. The molecule has 1 aliphatic rings. The minimum Gasteiger partial charge on any atom is -0.480 e. The zero-order valence-corrected chi connectivity index (χ0v) is 11.2. The third-order valence-corrected chi connectivity index (χ3v) is 3.34. The van der Waals surface area contributed by atoms with Gasteiger partial charge >= 0.3 is 5.97 Å². The molecule has 0 bridgehead atoms. The van der Waals surface area contributed by atoms with Crippen molar-refractivity contribution in [3.05, 3.63) is 29.3 Å². The first kappa shape index (κ1) is 14.3. The highest BCUT2D eigenvalue weighted by Gasteiger charge is 2.25. The molecule has 0 aliphatic carbocycles. The lowest BCUT2D eigenvalue weighted by Gasteiger charge is -2.20. The van der Waals surface area contributed by atoms with Gasteiger partial charge in [0, 0.05) is 17.8 Å². The number of carbonyl (C=O) groups is 2. The molecular weight excluding hydrogens is 260 g/mol. The highest BCUT2D eigenvalue weighted by molar-refractivity contribution is 5.97. The average Bonchev–Trinajstić information content (AvgIpc) is 2.43. The number of fused-ring (bicyclic) bond motifs is 1. The number of carboxylic acids is 1. The summed E-state index contributed by atoms with van der Waals surface area (Å²) in [6.07, 6.45) is 0.738. The maximum atomic E-state index is 12.0. The molecule has 0 radical (unpaired) electrons. The van der Waals surface area contributed by atoms with E-state index in [-0.39, 0.29) is 0 Å². The summed E-state index contributed by atoms with van der Waals surface area (Å²) in [4.78, 5) is 23.0. The molecule has 4 N–H and O–H groups in total. The molecule has 6 nitrogen and oxygen atoms in total. The van der Waals surface area contributed by atoms with Gasteiger partial charge in [0.2, 0.25) is 0 Å². The van der Waals surface area contributed by atoms with E-state index in [2.05, 4.69) is 10.6 Å². The van der Waals surface area contributed by atoms with Crippen LogP contribution in [0.15, 0.2) is 18.2 Å². The Kier molecular flexibility index (Phi) is 4.24. The number of benzene rings is 1. The zero-order chi connectivity index (χ0) is 14.7. The Morgan fingerprint density at radius 1 is 1.40 bits per heavy atom. The van der Waals surface area contributed by atoms with Crippen molar-refractivity contribution in [1.82, 2.24) is 5.32 Å². The van der Waals surface area contributed by atoms with Crippen molar-refractivity contribution in [3.8, 4) is 0 Å². The SMILES string of the molecule is C[C@@H](O)[C@H](NC(=O)c1ccc2c(c1)CCCN2)C(=O)O. The van der Waals surface area contributed by atoms with Crippen molar-refractivity contribution in [2.24, 2.45) is 0 Å². The van der Waals surface area contributed by atoms with Crippen molar-refractivity contribution < 1.29 is 19.8 Å². The van der Waals surface area contributed by atoms with Gasteiger partial charge in [-0.2, -0.15) is 0 Å². The van der Waals surface area contributed by atoms with Gasteiger partial charge in [0.1, 0.15) is 0 Å². The molecule has 6 heteroatoms. The van der Waals surface area contributed by atoms with Crippen LogP contribution in [0.4, 0.5) is 5.69 Å². The number of rotatable bonds is 4. The number of aliphatic hydroxyl groups is 1. The van der Waals surface area contributed by atoms with E-state index in [0.29, 0.717) is 5.56 Å². The second-order valence-electron chi connectivity index (χ2n) is 4.93. The van der Waals surface area contributed by atoms with Crippen LogP contribution < -0.4 is 10.6 Å². The molecule has 1 aliphatic heterocycles. The van der Waals surface area contributed by atoms with E-state index in [0.717, 1.165) is 30.6 Å². The van der Waals surface area contributed by atoms with E-state index in [1.165, 1.54) is 6.92 Å². The minimum absolute atomic E-state index is 0.402. The van der Waals surface area contributed by atoms with Gasteiger partial charge in [-0.15, -0.1) is 0 Å². The van der Waals surface area contributed by atoms with Gasteiger partial charge in [-0.3, -0.25) is 4.79 Å². The smallest absolute Gasteiger partial charge is 0.328 e. The van der Waals surface area contributed by atoms with Crippen LogP contribution in [0.25, 0.3) is 0 Å². The van der Waals surface area contributed by atoms with Crippen molar-refractivity contribution in [1.29, 1.82) is 0 Å². The first-order chi connectivity index (χ1) is 9.49. The topological polar surface area (TPSA) is 98.7 Å². The minimum atomic E-state index is -1.31. The fourth-order valence-electron chi connectivity index (χ4n) is 2.23. The number of anilines is 1. The molecule has 0 spiro atoms. The molecule has 0 saturated heterocycles. The Morgan fingerprint density at radius 3 is 2.80 bits per heavy atom. The molecule has 1 amide bonds. The summed E-state index contributed by atoms with van der Waals surface area (Å²) in [5.41, 5.74) is 2.46. The summed E-state index contributed by atoms with van der Waals surface area (Å²) < 4.78 is 0. The second-order valence-corrected chi connectivity index (χ2v) is 4.93. The molecule has 0 fully saturated rings. The zero-order valence-electron chi connectivity index (χ0n) is 11.2. The number of carbonyl (C=O) groups excluding carboxylic acids is 1. The molecule has 0 aromatic heterocycles. The molecule has 1 heterocycles. The summed E-state index contributed by atoms with van der Waals surface area (Å²) in [6.45, 7) is 2.25. The van der Waals surface area contributed by atoms with Gasteiger partial charge in [-0.25, -0.2) is 4.79 Å². The quantitative estimate of drug-likeness (QED) is 0.647. The Hall–Kier alpha value is -2.08. The number of aliphatic hydroxyl groups excluding tert-OH is 1. The van der Waals surface area contributed by atoms with Crippen molar-refractivity contribution in [2.45, 2.75) is 31.9 Å². The van der Waals surface area contributed by atoms with E-state index >= 15 is 0 Å². The maximum Gasteiger partial charge on any atom is 0.328 e. The van der Waals surface area contributed by atoms with Crippen LogP contribution in [0.5, 0.6) is 0 Å². The molecular formula is C14H18N2O4. The van der Waals surface area contributed by atoms with Gasteiger partial charge in [0.15, 0.2) is 6.04 Å². The third-order valence-electron chi connectivity index (χ3n) is 3.34. The molecule has 0 unspecified atom stereocenters. The summed E-state index contributed by atoms with van der Waals surface area (Å²) in [6, 6.07) is 3.92. The Morgan fingerprint density at radius 2 is 2.15 bits per heavy atom. The van der Waals surface area contributed by atoms with E-state index in [9.17, 15) is 14.7 Å². The lowest BCUT2D eigenvalue weighted by molar-refractivity contribution is -0.141. The fourth-order valence-corrected chi connectivity index (χ4v) is 2.23. The first-order valence-corrected chi connectivity index (χ1v) is 6.57. The predicted molar refractivity (Wildman–Crippen MR) is 73.8 cm³/mol. The molecule has 2 rings (SSSR count). The molecule has 1 aromatic rings. The molecule has 108 valence electrons. The van der Waals surface area contributed by atoms with Crippen molar-refractivity contribution >= 4 is 17.6 Å². The lowest BCUT2D eigenvalue weighted by atomic mass is 10.0. The van der Waals surface area contributed by atoms with Crippen LogP contribution in [-0.2, 0) is 11.2 Å². The summed E-state index contributed by atoms with van der Waals surface area (Å²) in [5, 5.41) is 23.9. The number of carboxylic acid groups (broad SMARTS) is 1. The largest absolute Gasteiger partial charge is 0.480 e. The standard InChI is InChI=1S/C14H18N2O4/c1-8(17)12(14(19)20)16-13(18)10-4-5-11-9(7-10)3-2-6-15-11/h4-5,7-8,12,15,17H,2-3,6H2,1H3,(H,16,18)(H,19,20)/t8-,12+/m1/s1. The highest BCUT2D eigenvalue weighted by Crippen LogP contribution is 2.22. The normalized spacial score (nSPS) is 16.5. The number of nitrogens with one attached hydrogen (secondary N) is 2. The number of hydrogen-bond donors (Lipinski definition) is 4. The molecule has 0 saturated carbocycles. The molecule has 1 aromatic carbocycles. The summed E-state index contributed by atoms with van der Waals surface area (Å²) >= 11 is 0. The van der Waals surface area contributed by atoms with Gasteiger partial charge in [0.05, 0.1) is 6.10 Å². The van der Waals surface area contributed by atoms with Crippen LogP contribution >= 0.6 is 0 Å². The number of hydrogen-bond acceptors (Lipinski definition) is 4.